The quantitative estimate of drug-likeness (QED) is 0.322. The zero-order valence-corrected chi connectivity index (χ0v) is 23.2. The number of carbonyl (C=O) groups is 1. The fraction of sp³-hybridized carbons (Fsp3) is 0.583. The second-order valence-corrected chi connectivity index (χ2v) is 9.13. The maximum Gasteiger partial charge on any atom is 0.242 e. The standard InChI is InChI=1S/C13H18ClNO2.C11H21N5S/c1-10-5-4-6-11(2)13(10)15(7-8-17-3)12(16)9-14;1-6-12-9-14-10(13-8(4)7(2)3)16-11(15-9)17-5/h4-6H,7-9H2,1-3H3;7-8H,6H2,1-5H3,(H2,12,13,14,15,16). The normalized spacial score (nSPS) is 11.5. The van der Waals surface area contributed by atoms with Crippen LogP contribution in [-0.4, -0.2) is 65.8 Å². The molecule has 0 saturated heterocycles. The molecule has 0 spiro atoms. The Morgan fingerprint density at radius 2 is 1.76 bits per heavy atom. The minimum absolute atomic E-state index is 0.0164. The van der Waals surface area contributed by atoms with Crippen molar-refractivity contribution in [2.45, 2.75) is 52.7 Å². The number of hydrogen-bond donors (Lipinski definition) is 2. The molecule has 0 radical (unpaired) electrons. The minimum atomic E-state index is -0.0962. The molecule has 0 saturated carbocycles. The average Bonchev–Trinajstić information content (AvgIpc) is 2.80. The lowest BCUT2D eigenvalue weighted by Gasteiger charge is -2.25. The summed E-state index contributed by atoms with van der Waals surface area (Å²) in [5, 5.41) is 7.14. The predicted octanol–water partition coefficient (Wildman–Crippen LogP) is 5.00. The highest BCUT2D eigenvalue weighted by Gasteiger charge is 2.18. The van der Waals surface area contributed by atoms with Crippen molar-refractivity contribution >= 4 is 46.9 Å². The van der Waals surface area contributed by atoms with Crippen molar-refractivity contribution in [3.05, 3.63) is 29.3 Å². The summed E-state index contributed by atoms with van der Waals surface area (Å²) in [6.45, 7) is 14.3. The number of halogens is 1. The molecule has 0 aliphatic heterocycles. The average molecular weight is 511 g/mol. The Morgan fingerprint density at radius 1 is 1.15 bits per heavy atom. The number of aryl methyl sites for hydroxylation is 2. The summed E-state index contributed by atoms with van der Waals surface area (Å²) in [6.07, 6.45) is 1.96. The number of ether oxygens (including phenoxy) is 1. The van der Waals surface area contributed by atoms with Crippen LogP contribution in [0.15, 0.2) is 23.4 Å². The van der Waals surface area contributed by atoms with Gasteiger partial charge >= 0.3 is 0 Å². The SMILES string of the molecule is CCNc1nc(NC(C)C(C)C)nc(SC)n1.COCCN(C(=O)CCl)c1c(C)cccc1C. The summed E-state index contributed by atoms with van der Waals surface area (Å²) >= 11 is 7.16. The highest BCUT2D eigenvalue weighted by atomic mass is 35.5. The molecule has 0 bridgehead atoms. The molecule has 2 N–H and O–H groups in total. The molecule has 8 nitrogen and oxygen atoms in total. The Kier molecular flexibility index (Phi) is 13.9. The van der Waals surface area contributed by atoms with E-state index in [1.807, 2.05) is 45.2 Å². The van der Waals surface area contributed by atoms with E-state index in [2.05, 4.69) is 46.4 Å². The first-order valence-corrected chi connectivity index (χ1v) is 13.2. The number of carbonyl (C=O) groups excluding carboxylic acids is 1. The largest absolute Gasteiger partial charge is 0.383 e. The molecule has 34 heavy (non-hydrogen) atoms. The number of amides is 1. The number of nitrogens with zero attached hydrogens (tertiary/aromatic N) is 4. The Hall–Kier alpha value is -2.10. The van der Waals surface area contributed by atoms with Gasteiger partial charge < -0.3 is 20.3 Å². The molecular formula is C24H39ClN6O2S. The van der Waals surface area contributed by atoms with Crippen LogP contribution in [0.4, 0.5) is 17.6 Å². The molecule has 1 heterocycles. The summed E-state index contributed by atoms with van der Waals surface area (Å²) in [4.78, 5) is 26.5. The molecule has 0 aliphatic rings. The third-order valence-electron chi connectivity index (χ3n) is 5.13. The van der Waals surface area contributed by atoms with Crippen LogP contribution in [0.2, 0.25) is 0 Å². The first-order chi connectivity index (χ1) is 16.2. The summed E-state index contributed by atoms with van der Waals surface area (Å²) < 4.78 is 5.03. The van der Waals surface area contributed by atoms with Gasteiger partial charge in [-0.05, 0) is 51.0 Å². The number of hydrogen-bond acceptors (Lipinski definition) is 8. The van der Waals surface area contributed by atoms with Crippen LogP contribution < -0.4 is 15.5 Å². The van der Waals surface area contributed by atoms with Crippen LogP contribution in [0.5, 0.6) is 0 Å². The summed E-state index contributed by atoms with van der Waals surface area (Å²) in [5.41, 5.74) is 3.08. The first-order valence-electron chi connectivity index (χ1n) is 11.4. The molecule has 190 valence electrons. The van der Waals surface area contributed by atoms with Gasteiger partial charge in [0.15, 0.2) is 5.16 Å². The molecule has 1 atom stereocenters. The first kappa shape index (κ1) is 29.9. The van der Waals surface area contributed by atoms with Crippen molar-refractivity contribution in [3.8, 4) is 0 Å². The number of aromatic nitrogens is 3. The van der Waals surface area contributed by atoms with Crippen LogP contribution in [0.25, 0.3) is 0 Å². The lowest BCUT2D eigenvalue weighted by molar-refractivity contribution is -0.116. The van der Waals surface area contributed by atoms with E-state index >= 15 is 0 Å². The number of para-hydroxylation sites is 1. The van der Waals surface area contributed by atoms with Crippen molar-refractivity contribution < 1.29 is 9.53 Å². The lowest BCUT2D eigenvalue weighted by atomic mass is 10.1. The Balaban J connectivity index is 0.000000340. The summed E-state index contributed by atoms with van der Waals surface area (Å²) in [7, 11) is 1.62. The minimum Gasteiger partial charge on any atom is -0.383 e. The van der Waals surface area contributed by atoms with E-state index in [1.54, 1.807) is 12.0 Å². The maximum atomic E-state index is 11.9. The number of anilines is 3. The molecule has 1 amide bonds. The van der Waals surface area contributed by atoms with E-state index in [0.717, 1.165) is 28.5 Å². The van der Waals surface area contributed by atoms with Crippen molar-refractivity contribution in [2.24, 2.45) is 5.92 Å². The van der Waals surface area contributed by atoms with E-state index in [4.69, 9.17) is 16.3 Å². The van der Waals surface area contributed by atoms with Crippen molar-refractivity contribution in [3.63, 3.8) is 0 Å². The Bertz CT molecular complexity index is 880. The van der Waals surface area contributed by atoms with Crippen LogP contribution in [-0.2, 0) is 9.53 Å². The van der Waals surface area contributed by atoms with Crippen molar-refractivity contribution in [1.29, 1.82) is 0 Å². The van der Waals surface area contributed by atoms with Crippen molar-refractivity contribution in [1.82, 2.24) is 15.0 Å². The fourth-order valence-corrected chi connectivity index (χ4v) is 3.47. The van der Waals surface area contributed by atoms with Gasteiger partial charge in [-0.25, -0.2) is 0 Å². The number of nitrogens with one attached hydrogen (secondary N) is 2. The van der Waals surface area contributed by atoms with Crippen LogP contribution in [0.3, 0.4) is 0 Å². The van der Waals surface area contributed by atoms with Gasteiger partial charge in [-0.3, -0.25) is 4.79 Å². The van der Waals surface area contributed by atoms with Gasteiger partial charge in [0.25, 0.3) is 0 Å². The third-order valence-corrected chi connectivity index (χ3v) is 5.91. The third kappa shape index (κ3) is 9.64. The number of benzene rings is 1. The van der Waals surface area contributed by atoms with E-state index in [0.29, 0.717) is 37.0 Å². The predicted molar refractivity (Wildman–Crippen MR) is 145 cm³/mol. The number of alkyl halides is 1. The van der Waals surface area contributed by atoms with E-state index in [1.165, 1.54) is 11.8 Å². The Labute approximate surface area is 213 Å². The van der Waals surface area contributed by atoms with Crippen LogP contribution in [0, 0.1) is 19.8 Å². The van der Waals surface area contributed by atoms with Gasteiger partial charge in [-0.2, -0.15) is 15.0 Å². The van der Waals surface area contributed by atoms with Gasteiger partial charge in [-0.15, -0.1) is 11.6 Å². The molecule has 1 aromatic carbocycles. The van der Waals surface area contributed by atoms with E-state index < -0.39 is 0 Å². The van der Waals surface area contributed by atoms with E-state index in [-0.39, 0.29) is 11.8 Å². The zero-order valence-electron chi connectivity index (χ0n) is 21.6. The Morgan fingerprint density at radius 3 is 2.26 bits per heavy atom. The number of thioether (sulfide) groups is 1. The van der Waals surface area contributed by atoms with E-state index in [9.17, 15) is 4.79 Å². The molecule has 0 fully saturated rings. The highest BCUT2D eigenvalue weighted by molar-refractivity contribution is 7.98. The fourth-order valence-electron chi connectivity index (χ4n) is 2.97. The molecular weight excluding hydrogens is 472 g/mol. The zero-order chi connectivity index (χ0) is 25.7. The highest BCUT2D eigenvalue weighted by Crippen LogP contribution is 2.24. The van der Waals surface area contributed by atoms with Crippen LogP contribution >= 0.6 is 23.4 Å². The monoisotopic (exact) mass is 510 g/mol. The van der Waals surface area contributed by atoms with Gasteiger partial charge in [0.05, 0.1) is 6.61 Å². The van der Waals surface area contributed by atoms with Gasteiger partial charge in [-0.1, -0.05) is 43.8 Å². The number of methoxy groups -OCH3 is 1. The molecule has 10 heteroatoms. The van der Waals surface area contributed by atoms with Crippen molar-refractivity contribution in [2.75, 3.05) is 54.5 Å². The molecule has 1 aromatic heterocycles. The van der Waals surface area contributed by atoms with Gasteiger partial charge in [0, 0.05) is 31.9 Å². The number of rotatable bonds is 11. The van der Waals surface area contributed by atoms with Gasteiger partial charge in [0.1, 0.15) is 5.88 Å². The molecule has 1 unspecified atom stereocenters. The summed E-state index contributed by atoms with van der Waals surface area (Å²) in [5.74, 6) is 1.69. The summed E-state index contributed by atoms with van der Waals surface area (Å²) in [6, 6.07) is 6.29. The molecule has 0 aliphatic carbocycles. The maximum absolute atomic E-state index is 11.9. The smallest absolute Gasteiger partial charge is 0.242 e. The second-order valence-electron chi connectivity index (χ2n) is 8.09. The topological polar surface area (TPSA) is 92.3 Å². The molecule has 2 aromatic rings. The van der Waals surface area contributed by atoms with Gasteiger partial charge in [0.2, 0.25) is 17.8 Å². The lowest BCUT2D eigenvalue weighted by Crippen LogP contribution is -2.35. The van der Waals surface area contributed by atoms with Crippen LogP contribution in [0.1, 0.15) is 38.8 Å². The molecule has 2 rings (SSSR count). The second kappa shape index (κ2) is 15.7.